The zero-order valence-corrected chi connectivity index (χ0v) is 64.3. The first-order chi connectivity index (χ1) is 58.6. The van der Waals surface area contributed by atoms with Crippen LogP contribution in [0.2, 0.25) is 0 Å². The van der Waals surface area contributed by atoms with E-state index in [1.807, 2.05) is 0 Å². The molecule has 4 fully saturated rings. The molecule has 43 nitrogen and oxygen atoms in total. The number of ether oxygens (including phenoxy) is 12. The topological polar surface area (TPSA) is 572 Å². The molecular formula is C71H63BrF9N13O30. The number of aliphatic hydroxyl groups is 8. The second-order valence-electron chi connectivity index (χ2n) is 27.3. The molecule has 8 aromatic rings. The van der Waals surface area contributed by atoms with Gasteiger partial charge in [0.1, 0.15) is 66.5 Å². The predicted molar refractivity (Wildman–Crippen MR) is 392 cm³/mol. The minimum Gasteiger partial charge on any atom is -0.486 e. The number of anilines is 4. The molecule has 124 heavy (non-hydrogen) atoms. The molecule has 12 N–H and O–H groups in total. The fourth-order valence-corrected chi connectivity index (χ4v) is 13.4. The van der Waals surface area contributed by atoms with E-state index in [-0.39, 0.29) is 82.3 Å². The Kier molecular flexibility index (Phi) is 25.2. The molecule has 4 aromatic carbocycles. The maximum absolute atomic E-state index is 14.3. The van der Waals surface area contributed by atoms with E-state index in [0.717, 1.165) is 68.1 Å². The molecule has 662 valence electrons. The highest BCUT2D eigenvalue weighted by Gasteiger charge is 2.63. The smallest absolute Gasteiger partial charge is 0.404 e. The number of nitro groups is 1. The zero-order valence-electron chi connectivity index (χ0n) is 62.8. The number of aryl methyl sites for hydroxylation is 1. The highest BCUT2D eigenvalue weighted by molar-refractivity contribution is 9.10. The number of aromatic nitrogens is 8. The van der Waals surface area contributed by atoms with Crippen LogP contribution in [-0.4, -0.2) is 239 Å². The van der Waals surface area contributed by atoms with Crippen molar-refractivity contribution in [1.29, 1.82) is 0 Å². The SMILES string of the molecule is CC1(F)Oc2ccc(C(=O)Nc3ccn(C4O[C@H](CO)[C@@H](O)C4(F)F)c(=O)n3)cc2O1.Cc1cc2c(cc1C(=O)Nc1ccn(C3O[C@H](CO)[C@@H](O)C3(F)F)c(=O)n1)OCCO2.O=C(Nc1ccn(C2O[C@H](CO)[C@@H](O)C2(F)F)c(=O)n1)c1cc2c(cc1[N+](=O)[O-])OCO2.O=C(Nc1ccn([C@@H]2O[C@H](CO)[C@H](O)C2(F)F)c(=O)n1)c1c(Br)ccc2c1OCO2. The molecule has 0 aliphatic carbocycles. The van der Waals surface area contributed by atoms with Gasteiger partial charge in [0, 0.05) is 53.4 Å². The largest absolute Gasteiger partial charge is 0.486 e. The molecular weight excluding hydrogens is 1770 g/mol. The fraction of sp³-hybridized carbons (Fsp3) is 0.380. The van der Waals surface area contributed by atoms with Crippen molar-refractivity contribution in [3.05, 3.63) is 188 Å². The highest BCUT2D eigenvalue weighted by Crippen LogP contribution is 2.48. The molecule has 0 saturated carbocycles. The van der Waals surface area contributed by atoms with E-state index in [9.17, 15) is 108 Å². The lowest BCUT2D eigenvalue weighted by Gasteiger charge is -2.21. The lowest BCUT2D eigenvalue weighted by atomic mass is 10.1. The summed E-state index contributed by atoms with van der Waals surface area (Å²) in [5.74, 6) is -17.7. The average Bonchev–Trinajstić information content (AvgIpc) is 1.62. The number of amides is 4. The fourth-order valence-electron chi connectivity index (χ4n) is 12.9. The number of alkyl halides is 9. The number of fused-ring (bicyclic) bond motifs is 4. The normalized spacial score (nSPS) is 25.0. The van der Waals surface area contributed by atoms with Crippen molar-refractivity contribution in [3.8, 4) is 46.0 Å². The van der Waals surface area contributed by atoms with Crippen molar-refractivity contribution < 1.29 is 161 Å². The van der Waals surface area contributed by atoms with E-state index in [4.69, 9.17) is 77.3 Å². The lowest BCUT2D eigenvalue weighted by Crippen LogP contribution is -2.41. The summed E-state index contributed by atoms with van der Waals surface area (Å²) in [6.45, 7) is -0.239. The van der Waals surface area contributed by atoms with Crippen LogP contribution in [0, 0.1) is 17.0 Å². The second kappa shape index (κ2) is 35.0. The Morgan fingerprint density at radius 2 is 0.806 bits per heavy atom. The molecule has 4 unspecified atom stereocenters. The number of hydrogen-bond donors (Lipinski definition) is 12. The van der Waals surface area contributed by atoms with E-state index in [2.05, 4.69) is 57.1 Å². The van der Waals surface area contributed by atoms with Crippen molar-refractivity contribution in [2.45, 2.75) is 117 Å². The van der Waals surface area contributed by atoms with Gasteiger partial charge in [-0.25, -0.2) is 19.2 Å². The van der Waals surface area contributed by atoms with Crippen LogP contribution in [0.15, 0.2) is 127 Å². The molecule has 13 atom stereocenters. The maximum atomic E-state index is 14.3. The predicted octanol–water partition coefficient (Wildman–Crippen LogP) is 2.15. The van der Waals surface area contributed by atoms with Crippen LogP contribution in [0.5, 0.6) is 46.0 Å². The van der Waals surface area contributed by atoms with Gasteiger partial charge in [-0.05, 0) is 95.1 Å². The number of carbonyl (C=O) groups excluding carboxylic acids is 4. The molecule has 8 aliphatic rings. The number of aliphatic hydroxyl groups excluding tert-OH is 8. The van der Waals surface area contributed by atoms with Crippen LogP contribution in [0.25, 0.3) is 0 Å². The third-order valence-corrected chi connectivity index (χ3v) is 19.8. The van der Waals surface area contributed by atoms with Gasteiger partial charge in [-0.1, -0.05) is 0 Å². The zero-order chi connectivity index (χ0) is 89.7. The van der Waals surface area contributed by atoms with Gasteiger partial charge < -0.3 is 119 Å². The number of nitrogens with zero attached hydrogens (tertiary/aromatic N) is 9. The standard InChI is InChI=1S/C19H19F2N3O7.C18H16F3N3O7.C17H14BrF2N3O7.C17H14F2N4O9/c1-9-6-11-12(30-5-4-29-11)7-10(9)16(27)22-14-2-3-24(18(28)23-14)17-19(20,21)15(26)13(8-25)31-17;1-17(19)30-9-3-2-8(6-10(9)31-17)14(27)22-12-4-5-24(16(28)23-12)15-18(20,21)13(26)11(7-25)29-15;18-7-1-2-8-12(29-6-28-8)11(7)14(26)21-10-3-4-23(16(27)22-10)15-17(19,20)13(25)9(5-24)30-15;18-17(19)13(25)11(5-24)32-15(17)22-2-1-12(21-16(22)27)20-14(26)7-3-9-10(31-6-30-9)4-8(7)23(28)29/h2-3,6-7,13,15,17,25-26H,4-5,8H2,1H3,(H,22,23,27,28);2-6,11,13,15,25-26H,7H2,1H3,(H,22,23,27,28);1-4,9,13,15,24-25H,5-6H2,(H,21,22,26,27);1-4,11,13,15,24-25H,5-6H2,(H,20,21,26,27)/t13-,15-,17?;11-,13-,15?,17?;9-,13+,15-;11-,13-,15?/m1111/s1. The van der Waals surface area contributed by atoms with Crippen molar-refractivity contribution in [3.63, 3.8) is 0 Å². The first kappa shape index (κ1) is 89.2. The molecule has 0 bridgehead atoms. The van der Waals surface area contributed by atoms with Gasteiger partial charge in [-0.2, -0.15) is 59.4 Å². The Balaban J connectivity index is 0.000000142. The van der Waals surface area contributed by atoms with Gasteiger partial charge in [-0.3, -0.25) is 47.6 Å². The lowest BCUT2D eigenvalue weighted by molar-refractivity contribution is -0.385. The van der Waals surface area contributed by atoms with Crippen molar-refractivity contribution in [2.24, 2.45) is 0 Å². The Morgan fingerprint density at radius 3 is 1.21 bits per heavy atom. The van der Waals surface area contributed by atoms with Crippen LogP contribution in [0.3, 0.4) is 0 Å². The number of hydrogen-bond acceptors (Lipinski definition) is 34. The summed E-state index contributed by atoms with van der Waals surface area (Å²) in [4.78, 5) is 124. The first-order valence-corrected chi connectivity index (χ1v) is 36.6. The third-order valence-electron chi connectivity index (χ3n) is 19.1. The number of halogens is 10. The number of benzene rings is 4. The molecule has 0 spiro atoms. The van der Waals surface area contributed by atoms with Crippen molar-refractivity contribution >= 4 is 68.5 Å². The maximum Gasteiger partial charge on any atom is 0.404 e. The molecule has 0 radical (unpaired) electrons. The van der Waals surface area contributed by atoms with E-state index in [1.165, 1.54) is 24.3 Å². The van der Waals surface area contributed by atoms with Gasteiger partial charge in [-0.15, -0.1) is 0 Å². The summed E-state index contributed by atoms with van der Waals surface area (Å²) in [5.41, 5.74) is -4.75. The molecule has 4 aromatic heterocycles. The van der Waals surface area contributed by atoms with Crippen LogP contribution >= 0.6 is 15.9 Å². The highest BCUT2D eigenvalue weighted by atomic mass is 79.9. The summed E-state index contributed by atoms with van der Waals surface area (Å²) in [5, 5.41) is 95.1. The number of nitro benzene ring substituents is 1. The first-order valence-electron chi connectivity index (χ1n) is 35.8. The van der Waals surface area contributed by atoms with Crippen molar-refractivity contribution in [2.75, 3.05) is 74.5 Å². The number of rotatable bonds is 17. The van der Waals surface area contributed by atoms with Gasteiger partial charge in [0.25, 0.3) is 29.3 Å². The minimum atomic E-state index is -3.91. The molecule has 8 aliphatic heterocycles. The van der Waals surface area contributed by atoms with Crippen LogP contribution in [0.1, 0.15) is 78.8 Å². The van der Waals surface area contributed by atoms with E-state index in [1.54, 1.807) is 25.1 Å². The van der Waals surface area contributed by atoms with Crippen molar-refractivity contribution in [1.82, 2.24) is 38.2 Å². The average molecular weight is 1830 g/mol. The summed E-state index contributed by atoms with van der Waals surface area (Å²) in [7, 11) is 0. The molecule has 16 rings (SSSR count). The van der Waals surface area contributed by atoms with Gasteiger partial charge in [0.15, 0.2) is 70.4 Å². The summed E-state index contributed by atoms with van der Waals surface area (Å²) < 4.78 is 191. The number of carbonyl (C=O) groups is 4. The van der Waals surface area contributed by atoms with Gasteiger partial charge >= 0.3 is 52.5 Å². The molecule has 12 heterocycles. The van der Waals surface area contributed by atoms with Crippen LogP contribution in [0.4, 0.5) is 68.5 Å². The Bertz CT molecular complexity index is 5760. The van der Waals surface area contributed by atoms with Crippen LogP contribution in [-0.2, 0) is 18.9 Å². The molecule has 53 heteroatoms. The quantitative estimate of drug-likeness (QED) is 0.0353. The third kappa shape index (κ3) is 17.6. The van der Waals surface area contributed by atoms with E-state index in [0.29, 0.717) is 58.8 Å². The Labute approximate surface area is 691 Å². The van der Waals surface area contributed by atoms with Gasteiger partial charge in [0.2, 0.25) is 38.5 Å². The summed E-state index contributed by atoms with van der Waals surface area (Å²) >= 11 is 3.24. The molecule has 4 saturated heterocycles. The van der Waals surface area contributed by atoms with Crippen LogP contribution < -0.4 is 81.9 Å². The van der Waals surface area contributed by atoms with E-state index >= 15 is 0 Å². The number of nitrogens with one attached hydrogen (secondary N) is 4. The van der Waals surface area contributed by atoms with E-state index < -0.39 is 192 Å². The monoisotopic (exact) mass is 1830 g/mol. The Hall–Kier alpha value is -12.6. The second-order valence-corrected chi connectivity index (χ2v) is 28.1. The summed E-state index contributed by atoms with van der Waals surface area (Å²) in [6.07, 6.45) is -20.6. The molecule has 4 amide bonds. The summed E-state index contributed by atoms with van der Waals surface area (Å²) in [6, 6.07) is 14.2. The van der Waals surface area contributed by atoms with Gasteiger partial charge in [0.05, 0.1) is 43.0 Å². The Morgan fingerprint density at radius 1 is 0.460 bits per heavy atom. The minimum absolute atomic E-state index is 0.00126.